The van der Waals surface area contributed by atoms with Crippen molar-refractivity contribution in [2.75, 3.05) is 11.9 Å². The summed E-state index contributed by atoms with van der Waals surface area (Å²) in [6.45, 7) is 0.106. The average Bonchev–Trinajstić information content (AvgIpc) is 2.36. The van der Waals surface area contributed by atoms with Gasteiger partial charge in [0.1, 0.15) is 0 Å². The van der Waals surface area contributed by atoms with Crippen LogP contribution < -0.4 is 5.32 Å². The van der Waals surface area contributed by atoms with E-state index < -0.39 is 0 Å². The first-order chi connectivity index (χ1) is 8.69. The number of aliphatic hydroxyl groups is 1. The first-order valence-corrected chi connectivity index (χ1v) is 7.24. The zero-order valence-corrected chi connectivity index (χ0v) is 12.6. The van der Waals surface area contributed by atoms with E-state index >= 15 is 0 Å². The highest BCUT2D eigenvalue weighted by atomic mass is 79.9. The third kappa shape index (κ3) is 1.98. The van der Waals surface area contributed by atoms with Gasteiger partial charge in [-0.15, -0.1) is 0 Å². The second-order valence-electron chi connectivity index (χ2n) is 4.32. The van der Waals surface area contributed by atoms with Crippen LogP contribution in [0.1, 0.15) is 17.0 Å². The fourth-order valence-corrected chi connectivity index (χ4v) is 3.14. The van der Waals surface area contributed by atoms with Crippen LogP contribution in [0, 0.1) is 0 Å². The number of hydrogen-bond acceptors (Lipinski definition) is 2. The van der Waals surface area contributed by atoms with Gasteiger partial charge in [0.05, 0.1) is 6.61 Å². The highest BCUT2D eigenvalue weighted by Gasteiger charge is 2.25. The van der Waals surface area contributed by atoms with Crippen molar-refractivity contribution >= 4 is 43.2 Å². The monoisotopic (exact) mass is 367 g/mol. The summed E-state index contributed by atoms with van der Waals surface area (Å²) in [6, 6.07) is 12.2. The Morgan fingerprint density at radius 1 is 0.944 bits per heavy atom. The van der Waals surface area contributed by atoms with Crippen LogP contribution in [-0.2, 0) is 0 Å². The lowest BCUT2D eigenvalue weighted by atomic mass is 9.86. The van der Waals surface area contributed by atoms with Gasteiger partial charge in [0.2, 0.25) is 0 Å². The van der Waals surface area contributed by atoms with E-state index in [0.717, 1.165) is 31.4 Å². The molecular formula is C14H11Br2NO. The van der Waals surface area contributed by atoms with E-state index in [1.807, 2.05) is 24.3 Å². The minimum Gasteiger partial charge on any atom is -0.395 e. The third-order valence-corrected chi connectivity index (χ3v) is 4.22. The van der Waals surface area contributed by atoms with E-state index in [1.54, 1.807) is 0 Å². The Morgan fingerprint density at radius 3 is 1.89 bits per heavy atom. The van der Waals surface area contributed by atoms with Gasteiger partial charge in [-0.2, -0.15) is 0 Å². The lowest BCUT2D eigenvalue weighted by molar-refractivity contribution is 0.280. The highest BCUT2D eigenvalue weighted by molar-refractivity contribution is 9.10. The average molecular weight is 369 g/mol. The maximum Gasteiger partial charge on any atom is 0.0542 e. The second kappa shape index (κ2) is 4.68. The lowest BCUT2D eigenvalue weighted by Gasteiger charge is -2.28. The smallest absolute Gasteiger partial charge is 0.0542 e. The van der Waals surface area contributed by atoms with E-state index in [2.05, 4.69) is 49.3 Å². The summed E-state index contributed by atoms with van der Waals surface area (Å²) in [6.07, 6.45) is 0. The summed E-state index contributed by atoms with van der Waals surface area (Å²) >= 11 is 6.97. The highest BCUT2D eigenvalue weighted by Crippen LogP contribution is 2.42. The van der Waals surface area contributed by atoms with Crippen molar-refractivity contribution < 1.29 is 5.11 Å². The molecule has 4 heteroatoms. The molecule has 0 spiro atoms. The summed E-state index contributed by atoms with van der Waals surface area (Å²) < 4.78 is 2.06. The maximum atomic E-state index is 9.71. The molecule has 1 heterocycles. The minimum atomic E-state index is 0.0197. The molecule has 0 aliphatic carbocycles. The number of aliphatic hydroxyl groups excluding tert-OH is 1. The first-order valence-electron chi connectivity index (χ1n) is 5.66. The summed E-state index contributed by atoms with van der Waals surface area (Å²) in [5.74, 6) is 0.0197. The number of benzene rings is 2. The molecule has 0 bridgehead atoms. The molecule has 1 aliphatic heterocycles. The molecule has 0 aromatic heterocycles. The molecule has 2 N–H and O–H groups in total. The van der Waals surface area contributed by atoms with Gasteiger partial charge in [-0.3, -0.25) is 0 Å². The van der Waals surface area contributed by atoms with Crippen molar-refractivity contribution in [2.45, 2.75) is 5.92 Å². The molecular weight excluding hydrogens is 358 g/mol. The van der Waals surface area contributed by atoms with Gasteiger partial charge in [0.15, 0.2) is 0 Å². The Balaban J connectivity index is 2.19. The molecule has 0 fully saturated rings. The molecule has 0 unspecified atom stereocenters. The minimum absolute atomic E-state index is 0.0197. The van der Waals surface area contributed by atoms with Crippen molar-refractivity contribution in [1.29, 1.82) is 0 Å². The molecule has 3 rings (SSSR count). The molecule has 2 aromatic carbocycles. The van der Waals surface area contributed by atoms with Crippen LogP contribution in [0.25, 0.3) is 0 Å². The second-order valence-corrected chi connectivity index (χ2v) is 6.15. The number of rotatable bonds is 1. The molecule has 2 nitrogen and oxygen atoms in total. The van der Waals surface area contributed by atoms with Gasteiger partial charge in [0, 0.05) is 26.2 Å². The molecule has 0 saturated heterocycles. The Hall–Kier alpha value is -0.840. The van der Waals surface area contributed by atoms with Crippen molar-refractivity contribution in [1.82, 2.24) is 0 Å². The number of fused-ring (bicyclic) bond motifs is 2. The van der Waals surface area contributed by atoms with Crippen LogP contribution in [0.5, 0.6) is 0 Å². The number of anilines is 2. The molecule has 2 aromatic rings. The third-order valence-electron chi connectivity index (χ3n) is 3.23. The summed E-state index contributed by atoms with van der Waals surface area (Å²) in [4.78, 5) is 0. The van der Waals surface area contributed by atoms with Crippen molar-refractivity contribution in [3.05, 3.63) is 56.5 Å². The zero-order chi connectivity index (χ0) is 12.7. The Bertz CT molecular complexity index is 561. The van der Waals surface area contributed by atoms with Crippen LogP contribution in [0.3, 0.4) is 0 Å². The Morgan fingerprint density at radius 2 is 1.44 bits per heavy atom. The fraction of sp³-hybridized carbons (Fsp3) is 0.143. The lowest BCUT2D eigenvalue weighted by Crippen LogP contribution is -2.15. The largest absolute Gasteiger partial charge is 0.395 e. The molecule has 1 aliphatic rings. The first kappa shape index (κ1) is 12.2. The maximum absolute atomic E-state index is 9.71. The molecule has 0 atom stereocenters. The van der Waals surface area contributed by atoms with E-state index in [4.69, 9.17) is 0 Å². The molecule has 0 radical (unpaired) electrons. The van der Waals surface area contributed by atoms with Gasteiger partial charge in [0.25, 0.3) is 0 Å². The van der Waals surface area contributed by atoms with E-state index in [9.17, 15) is 5.11 Å². The molecule has 92 valence electrons. The number of nitrogens with one attached hydrogen (secondary N) is 1. The summed E-state index contributed by atoms with van der Waals surface area (Å²) in [7, 11) is 0. The van der Waals surface area contributed by atoms with Gasteiger partial charge < -0.3 is 10.4 Å². The van der Waals surface area contributed by atoms with Crippen LogP contribution in [-0.4, -0.2) is 11.7 Å². The number of halogens is 2. The van der Waals surface area contributed by atoms with E-state index in [1.165, 1.54) is 0 Å². The topological polar surface area (TPSA) is 32.3 Å². The Labute approximate surface area is 122 Å². The van der Waals surface area contributed by atoms with Gasteiger partial charge >= 0.3 is 0 Å². The van der Waals surface area contributed by atoms with Crippen molar-refractivity contribution in [3.8, 4) is 0 Å². The normalized spacial score (nSPS) is 13.7. The fourth-order valence-electron chi connectivity index (χ4n) is 2.38. The number of hydrogen-bond donors (Lipinski definition) is 2. The van der Waals surface area contributed by atoms with E-state index in [0.29, 0.717) is 0 Å². The predicted molar refractivity (Wildman–Crippen MR) is 80.5 cm³/mol. The molecule has 0 saturated carbocycles. The van der Waals surface area contributed by atoms with Crippen molar-refractivity contribution in [2.24, 2.45) is 0 Å². The quantitative estimate of drug-likeness (QED) is 0.782. The van der Waals surface area contributed by atoms with E-state index in [-0.39, 0.29) is 12.5 Å². The van der Waals surface area contributed by atoms with Gasteiger partial charge in [-0.05, 0) is 47.5 Å². The molecule has 18 heavy (non-hydrogen) atoms. The zero-order valence-electron chi connectivity index (χ0n) is 9.45. The van der Waals surface area contributed by atoms with Crippen LogP contribution in [0.4, 0.5) is 11.4 Å². The summed E-state index contributed by atoms with van der Waals surface area (Å²) in [5, 5.41) is 13.1. The van der Waals surface area contributed by atoms with Gasteiger partial charge in [-0.25, -0.2) is 0 Å². The van der Waals surface area contributed by atoms with Crippen LogP contribution in [0.15, 0.2) is 45.3 Å². The SMILES string of the molecule is OCC1c2cc(Br)ccc2Nc2ccc(Br)cc21. The van der Waals surface area contributed by atoms with Gasteiger partial charge in [-0.1, -0.05) is 31.9 Å². The molecule has 0 amide bonds. The van der Waals surface area contributed by atoms with Crippen LogP contribution >= 0.6 is 31.9 Å². The van der Waals surface area contributed by atoms with Crippen molar-refractivity contribution in [3.63, 3.8) is 0 Å². The Kier molecular flexibility index (Phi) is 3.18. The summed E-state index contributed by atoms with van der Waals surface area (Å²) in [5.41, 5.74) is 4.37. The predicted octanol–water partition coefficient (Wildman–Crippen LogP) is 4.39. The van der Waals surface area contributed by atoms with Crippen LogP contribution in [0.2, 0.25) is 0 Å². The standard InChI is InChI=1S/C14H11Br2NO/c15-8-1-3-13-10(5-8)12(7-18)11-6-9(16)2-4-14(11)17-13/h1-6,12,17-18H,7H2.